The van der Waals surface area contributed by atoms with Crippen molar-refractivity contribution in [3.05, 3.63) is 35.2 Å². The van der Waals surface area contributed by atoms with Gasteiger partial charge < -0.3 is 0 Å². The van der Waals surface area contributed by atoms with E-state index in [4.69, 9.17) is 0 Å². The van der Waals surface area contributed by atoms with Gasteiger partial charge in [0.1, 0.15) is 0 Å². The summed E-state index contributed by atoms with van der Waals surface area (Å²) in [5, 5.41) is 13.0. The molecular weight excluding hydrogens is 298 g/mol. The number of tetrazole rings is 1. The number of hydrogen-bond acceptors (Lipinski definition) is 4. The molecule has 0 atom stereocenters. The Kier molecular flexibility index (Phi) is 4.99. The minimum absolute atomic E-state index is 0.0391. The molecule has 3 rings (SSSR count). The number of aromatic nitrogens is 4. The predicted octanol–water partition coefficient (Wildman–Crippen LogP) is 3.78. The topological polar surface area (TPSA) is 46.8 Å². The van der Waals surface area contributed by atoms with E-state index in [0.29, 0.717) is 0 Å². The van der Waals surface area contributed by atoms with Gasteiger partial charge in [-0.15, -0.1) is 5.10 Å². The molecule has 1 aliphatic rings. The monoisotopic (exact) mass is 327 g/mol. The van der Waals surface area contributed by atoms with E-state index in [9.17, 15) is 0 Å². The molecule has 1 heterocycles. The van der Waals surface area contributed by atoms with Crippen molar-refractivity contribution in [2.75, 3.05) is 13.1 Å². The van der Waals surface area contributed by atoms with Gasteiger partial charge in [-0.2, -0.15) is 4.68 Å². The summed E-state index contributed by atoms with van der Waals surface area (Å²) in [5.74, 6) is 1.01. The summed E-state index contributed by atoms with van der Waals surface area (Å²) in [6.07, 6.45) is 6.08. The smallest absolute Gasteiger partial charge is 0.176 e. The van der Waals surface area contributed by atoms with E-state index in [2.05, 4.69) is 66.3 Å². The van der Waals surface area contributed by atoms with Crippen LogP contribution in [0.4, 0.5) is 0 Å². The lowest BCUT2D eigenvalue weighted by Crippen LogP contribution is -2.49. The zero-order valence-corrected chi connectivity index (χ0v) is 15.4. The van der Waals surface area contributed by atoms with Crippen molar-refractivity contribution in [2.24, 2.45) is 0 Å². The van der Waals surface area contributed by atoms with Crippen LogP contribution in [0.2, 0.25) is 0 Å². The molecule has 0 saturated heterocycles. The molecule has 1 saturated carbocycles. The number of hydrogen-bond donors (Lipinski definition) is 0. The second kappa shape index (κ2) is 7.01. The van der Waals surface area contributed by atoms with Gasteiger partial charge in [-0.3, -0.25) is 4.90 Å². The Bertz CT molecular complexity index is 681. The molecule has 1 aromatic carbocycles. The van der Waals surface area contributed by atoms with Crippen molar-refractivity contribution in [3.8, 4) is 5.69 Å². The van der Waals surface area contributed by atoms with Crippen LogP contribution >= 0.6 is 0 Å². The number of rotatable bonds is 5. The number of aryl methyl sites for hydroxylation is 2. The van der Waals surface area contributed by atoms with E-state index in [0.717, 1.165) is 37.4 Å². The van der Waals surface area contributed by atoms with Crippen LogP contribution in [0, 0.1) is 13.8 Å². The fourth-order valence-electron chi connectivity index (χ4n) is 4.33. The highest BCUT2D eigenvalue weighted by atomic mass is 15.6. The maximum Gasteiger partial charge on any atom is 0.176 e. The van der Waals surface area contributed by atoms with Crippen molar-refractivity contribution in [2.45, 2.75) is 65.3 Å². The zero-order valence-electron chi connectivity index (χ0n) is 15.4. The fraction of sp³-hybridized carbons (Fsp3) is 0.632. The molecule has 1 fully saturated rings. The van der Waals surface area contributed by atoms with Crippen LogP contribution in [-0.2, 0) is 5.54 Å². The van der Waals surface area contributed by atoms with Crippen LogP contribution in [0.5, 0.6) is 0 Å². The molecule has 0 amide bonds. The second-order valence-corrected chi connectivity index (χ2v) is 6.97. The normalized spacial score (nSPS) is 17.4. The highest BCUT2D eigenvalue weighted by Gasteiger charge is 2.43. The molecule has 0 unspecified atom stereocenters. The third-order valence-corrected chi connectivity index (χ3v) is 5.52. The largest absolute Gasteiger partial charge is 0.291 e. The average Bonchev–Trinajstić information content (AvgIpc) is 3.07. The first-order valence-corrected chi connectivity index (χ1v) is 9.24. The molecule has 130 valence electrons. The van der Waals surface area contributed by atoms with Crippen LogP contribution in [0.15, 0.2) is 18.2 Å². The Balaban J connectivity index is 2.12. The highest BCUT2D eigenvalue weighted by molar-refractivity contribution is 5.42. The van der Waals surface area contributed by atoms with Crippen LogP contribution in [0.25, 0.3) is 5.69 Å². The molecule has 5 heteroatoms. The van der Waals surface area contributed by atoms with Crippen molar-refractivity contribution >= 4 is 0 Å². The van der Waals surface area contributed by atoms with Gasteiger partial charge in [0, 0.05) is 0 Å². The Morgan fingerprint density at radius 1 is 1.08 bits per heavy atom. The van der Waals surface area contributed by atoms with Crippen molar-refractivity contribution in [1.29, 1.82) is 0 Å². The molecule has 0 spiro atoms. The lowest BCUT2D eigenvalue weighted by molar-refractivity contribution is 0.0463. The third-order valence-electron chi connectivity index (χ3n) is 5.52. The molecule has 24 heavy (non-hydrogen) atoms. The summed E-state index contributed by atoms with van der Waals surface area (Å²) in [6, 6.07) is 6.48. The summed E-state index contributed by atoms with van der Waals surface area (Å²) in [7, 11) is 0. The highest BCUT2D eigenvalue weighted by Crippen LogP contribution is 2.41. The minimum atomic E-state index is -0.0391. The van der Waals surface area contributed by atoms with Gasteiger partial charge in [0.05, 0.1) is 11.2 Å². The molecule has 5 nitrogen and oxygen atoms in total. The molecule has 0 radical (unpaired) electrons. The van der Waals surface area contributed by atoms with Crippen LogP contribution in [0.3, 0.4) is 0 Å². The van der Waals surface area contributed by atoms with Crippen molar-refractivity contribution < 1.29 is 0 Å². The quantitative estimate of drug-likeness (QED) is 0.838. The Labute approximate surface area is 145 Å². The Morgan fingerprint density at radius 3 is 2.42 bits per heavy atom. The maximum absolute atomic E-state index is 4.53. The lowest BCUT2D eigenvalue weighted by atomic mass is 9.79. The summed E-state index contributed by atoms with van der Waals surface area (Å²) in [4.78, 5) is 2.55. The maximum atomic E-state index is 4.53. The lowest BCUT2D eigenvalue weighted by Gasteiger charge is -2.44. The molecule has 1 aromatic heterocycles. The van der Waals surface area contributed by atoms with Crippen molar-refractivity contribution in [3.63, 3.8) is 0 Å². The second-order valence-electron chi connectivity index (χ2n) is 6.97. The van der Waals surface area contributed by atoms with E-state index in [-0.39, 0.29) is 5.54 Å². The summed E-state index contributed by atoms with van der Waals surface area (Å²) >= 11 is 0. The fourth-order valence-corrected chi connectivity index (χ4v) is 4.33. The molecule has 0 aliphatic heterocycles. The van der Waals surface area contributed by atoms with Gasteiger partial charge in [-0.25, -0.2) is 0 Å². The van der Waals surface area contributed by atoms with E-state index in [1.165, 1.54) is 30.4 Å². The first-order valence-electron chi connectivity index (χ1n) is 9.24. The summed E-state index contributed by atoms with van der Waals surface area (Å²) < 4.78 is 1.98. The number of nitrogens with zero attached hydrogens (tertiary/aromatic N) is 5. The molecule has 0 bridgehead atoms. The molecule has 0 N–H and O–H groups in total. The van der Waals surface area contributed by atoms with Crippen LogP contribution < -0.4 is 0 Å². The van der Waals surface area contributed by atoms with E-state index >= 15 is 0 Å². The van der Waals surface area contributed by atoms with Gasteiger partial charge in [-0.1, -0.05) is 50.8 Å². The van der Waals surface area contributed by atoms with Crippen molar-refractivity contribution in [1.82, 2.24) is 25.1 Å². The van der Waals surface area contributed by atoms with Gasteiger partial charge in [0.25, 0.3) is 0 Å². The summed E-state index contributed by atoms with van der Waals surface area (Å²) in [5.41, 5.74) is 3.54. The SMILES string of the molecule is CCN(CC)C1(c2nnnn2-c2ccc(C)cc2C)CCCCC1. The first-order chi connectivity index (χ1) is 11.6. The van der Waals surface area contributed by atoms with Crippen LogP contribution in [0.1, 0.15) is 62.9 Å². The van der Waals surface area contributed by atoms with E-state index in [1.807, 2.05) is 4.68 Å². The average molecular weight is 327 g/mol. The first kappa shape index (κ1) is 17.1. The van der Waals surface area contributed by atoms with Gasteiger partial charge in [0.15, 0.2) is 5.82 Å². The molecular formula is C19H29N5. The molecule has 1 aliphatic carbocycles. The molecule has 2 aromatic rings. The van der Waals surface area contributed by atoms with Crippen LogP contribution in [-0.4, -0.2) is 38.2 Å². The standard InChI is InChI=1S/C19H29N5/c1-5-23(6-2)19(12-8-7-9-13-19)18-20-21-22-24(18)17-11-10-15(3)14-16(17)4/h10-11,14H,5-9,12-13H2,1-4H3. The minimum Gasteiger partial charge on any atom is -0.291 e. The van der Waals surface area contributed by atoms with Gasteiger partial charge in [0.2, 0.25) is 0 Å². The van der Waals surface area contributed by atoms with Gasteiger partial charge in [-0.05, 0) is 61.8 Å². The Morgan fingerprint density at radius 2 is 1.79 bits per heavy atom. The third kappa shape index (κ3) is 2.86. The predicted molar refractivity (Wildman–Crippen MR) is 96.3 cm³/mol. The van der Waals surface area contributed by atoms with Gasteiger partial charge >= 0.3 is 0 Å². The Hall–Kier alpha value is -1.75. The van der Waals surface area contributed by atoms with E-state index < -0.39 is 0 Å². The zero-order chi connectivity index (χ0) is 17.2. The summed E-state index contributed by atoms with van der Waals surface area (Å²) in [6.45, 7) is 10.8. The number of benzene rings is 1. The van der Waals surface area contributed by atoms with E-state index in [1.54, 1.807) is 0 Å².